The predicted molar refractivity (Wildman–Crippen MR) is 38.2 cm³/mol. The summed E-state index contributed by atoms with van der Waals surface area (Å²) in [6.45, 7) is 0. The van der Waals surface area contributed by atoms with E-state index in [1.165, 1.54) is 0 Å². The van der Waals surface area contributed by atoms with Crippen LogP contribution in [0.4, 0.5) is 0 Å². The maximum Gasteiger partial charge on any atom is 0.0795 e. The summed E-state index contributed by atoms with van der Waals surface area (Å²) in [6, 6.07) is 0. The van der Waals surface area contributed by atoms with E-state index in [2.05, 4.69) is 24.4 Å². The van der Waals surface area contributed by atoms with Gasteiger partial charge in [0, 0.05) is 6.42 Å². The molecule has 0 bridgehead atoms. The number of rotatable bonds is 2. The van der Waals surface area contributed by atoms with Crippen molar-refractivity contribution in [3.63, 3.8) is 0 Å². The second-order valence-corrected chi connectivity index (χ2v) is 2.16. The van der Waals surface area contributed by atoms with Crippen molar-refractivity contribution < 1.29 is 0 Å². The topological polar surface area (TPSA) is 52.0 Å². The third-order valence-corrected chi connectivity index (χ3v) is 0.637. The molecular weight excluding hydrogens is 128 g/mol. The summed E-state index contributed by atoms with van der Waals surface area (Å²) in [4.78, 5) is 0.708. The second kappa shape index (κ2) is 2.87. The molecule has 0 aliphatic rings. The van der Waals surface area contributed by atoms with Crippen LogP contribution in [0.25, 0.3) is 0 Å². The van der Waals surface area contributed by atoms with Gasteiger partial charge in [0.2, 0.25) is 0 Å². The molecule has 0 aromatic rings. The summed E-state index contributed by atoms with van der Waals surface area (Å²) in [5.41, 5.74) is 10.1. The van der Waals surface area contributed by atoms with E-state index >= 15 is 0 Å². The van der Waals surface area contributed by atoms with Crippen LogP contribution in [0.2, 0.25) is 0 Å². The van der Waals surface area contributed by atoms with Gasteiger partial charge in [0.05, 0.1) is 9.98 Å². The quantitative estimate of drug-likeness (QED) is 0.520. The van der Waals surface area contributed by atoms with Crippen LogP contribution in [0.1, 0.15) is 6.42 Å². The number of hydrogen-bond acceptors (Lipinski definition) is 2. The smallest absolute Gasteiger partial charge is 0.0795 e. The van der Waals surface area contributed by atoms with E-state index in [-0.39, 0.29) is 0 Å². The summed E-state index contributed by atoms with van der Waals surface area (Å²) < 4.78 is 0. The highest BCUT2D eigenvalue weighted by molar-refractivity contribution is 7.82. The average Bonchev–Trinajstić information content (AvgIpc) is 1.27. The number of thiocarbonyl (C=S) groups is 2. The Morgan fingerprint density at radius 1 is 1.14 bits per heavy atom. The zero-order valence-corrected chi connectivity index (χ0v) is 5.31. The fourth-order valence-corrected chi connectivity index (χ4v) is 0.574. The minimum absolute atomic E-state index is 0.354. The first-order chi connectivity index (χ1) is 3.13. The van der Waals surface area contributed by atoms with Crippen LogP contribution < -0.4 is 11.5 Å². The van der Waals surface area contributed by atoms with Gasteiger partial charge in [0.1, 0.15) is 0 Å². The van der Waals surface area contributed by atoms with Crippen molar-refractivity contribution in [2.75, 3.05) is 0 Å². The Hall–Kier alpha value is -0.220. The molecule has 0 aliphatic heterocycles. The first kappa shape index (κ1) is 6.78. The molecule has 40 valence electrons. The van der Waals surface area contributed by atoms with E-state index < -0.39 is 0 Å². The Morgan fingerprint density at radius 3 is 1.43 bits per heavy atom. The Kier molecular flexibility index (Phi) is 2.78. The van der Waals surface area contributed by atoms with Crippen molar-refractivity contribution in [3.8, 4) is 0 Å². The predicted octanol–water partition coefficient (Wildman–Crippen LogP) is -0.0513. The van der Waals surface area contributed by atoms with Gasteiger partial charge in [-0.3, -0.25) is 0 Å². The third-order valence-electron chi connectivity index (χ3n) is 0.348. The van der Waals surface area contributed by atoms with Crippen LogP contribution in [0.15, 0.2) is 0 Å². The molecule has 4 N–H and O–H groups in total. The molecule has 2 nitrogen and oxygen atoms in total. The van der Waals surface area contributed by atoms with Crippen LogP contribution in [-0.4, -0.2) is 9.98 Å². The summed E-state index contributed by atoms with van der Waals surface area (Å²) in [7, 11) is 0. The molecule has 0 saturated heterocycles. The molecule has 0 radical (unpaired) electrons. The fraction of sp³-hybridized carbons (Fsp3) is 0.333. The van der Waals surface area contributed by atoms with Crippen LogP contribution >= 0.6 is 24.4 Å². The third kappa shape index (κ3) is 5.78. The molecule has 7 heavy (non-hydrogen) atoms. The Bertz CT molecular complexity index is 87.1. The molecule has 0 rings (SSSR count). The minimum atomic E-state index is 0.354. The van der Waals surface area contributed by atoms with Gasteiger partial charge < -0.3 is 11.5 Å². The monoisotopic (exact) mass is 134 g/mol. The van der Waals surface area contributed by atoms with Gasteiger partial charge in [-0.25, -0.2) is 0 Å². The van der Waals surface area contributed by atoms with Crippen molar-refractivity contribution >= 4 is 34.4 Å². The summed E-state index contributed by atoms with van der Waals surface area (Å²) in [5, 5.41) is 0. The van der Waals surface area contributed by atoms with Crippen LogP contribution in [-0.2, 0) is 0 Å². The normalized spacial score (nSPS) is 8.00. The van der Waals surface area contributed by atoms with E-state index in [0.717, 1.165) is 0 Å². The molecule has 0 fully saturated rings. The van der Waals surface area contributed by atoms with Crippen LogP contribution in [0.5, 0.6) is 0 Å². The lowest BCUT2D eigenvalue weighted by Gasteiger charge is -1.89. The lowest BCUT2D eigenvalue weighted by atomic mass is 10.4. The van der Waals surface area contributed by atoms with E-state index in [0.29, 0.717) is 16.4 Å². The SMILES string of the molecule is NC(=S)CC(N)=S. The van der Waals surface area contributed by atoms with E-state index in [1.54, 1.807) is 0 Å². The van der Waals surface area contributed by atoms with Gasteiger partial charge in [-0.15, -0.1) is 0 Å². The van der Waals surface area contributed by atoms with E-state index in [9.17, 15) is 0 Å². The molecule has 0 aromatic heterocycles. The molecule has 0 saturated carbocycles. The molecule has 0 unspecified atom stereocenters. The average molecular weight is 134 g/mol. The first-order valence-corrected chi connectivity index (χ1v) is 2.51. The fourth-order valence-electron chi connectivity index (χ4n) is 0.172. The van der Waals surface area contributed by atoms with Crippen molar-refractivity contribution in [1.82, 2.24) is 0 Å². The molecule has 0 spiro atoms. The van der Waals surface area contributed by atoms with Gasteiger partial charge in [0.15, 0.2) is 0 Å². The largest absolute Gasteiger partial charge is 0.393 e. The Balaban J connectivity index is 3.32. The second-order valence-electron chi connectivity index (χ2n) is 1.11. The standard InChI is InChI=1S/C3H6N2S2/c4-2(6)1-3(5)7/h1H2,(H2,4,6)(H2,5,7). The van der Waals surface area contributed by atoms with Gasteiger partial charge in [-0.1, -0.05) is 24.4 Å². The van der Waals surface area contributed by atoms with Crippen molar-refractivity contribution in [2.24, 2.45) is 11.5 Å². The summed E-state index contributed by atoms with van der Waals surface area (Å²) >= 11 is 8.96. The number of nitrogens with two attached hydrogens (primary N) is 2. The van der Waals surface area contributed by atoms with Gasteiger partial charge in [-0.05, 0) is 0 Å². The highest BCUT2D eigenvalue weighted by Gasteiger charge is 1.88. The highest BCUT2D eigenvalue weighted by Crippen LogP contribution is 1.77. The Labute approximate surface area is 52.9 Å². The maximum absolute atomic E-state index is 5.06. The zero-order valence-electron chi connectivity index (χ0n) is 3.68. The maximum atomic E-state index is 5.06. The number of hydrogen-bond donors (Lipinski definition) is 2. The van der Waals surface area contributed by atoms with E-state index in [4.69, 9.17) is 11.5 Å². The van der Waals surface area contributed by atoms with Crippen LogP contribution in [0, 0.1) is 0 Å². The lowest BCUT2D eigenvalue weighted by Crippen LogP contribution is -2.18. The van der Waals surface area contributed by atoms with Gasteiger partial charge in [0.25, 0.3) is 0 Å². The molecule has 4 heteroatoms. The minimum Gasteiger partial charge on any atom is -0.393 e. The van der Waals surface area contributed by atoms with E-state index in [1.807, 2.05) is 0 Å². The molecule has 0 aliphatic carbocycles. The van der Waals surface area contributed by atoms with Crippen LogP contribution in [0.3, 0.4) is 0 Å². The highest BCUT2D eigenvalue weighted by atomic mass is 32.1. The van der Waals surface area contributed by atoms with Gasteiger partial charge >= 0.3 is 0 Å². The molecular formula is C3H6N2S2. The van der Waals surface area contributed by atoms with Crippen molar-refractivity contribution in [2.45, 2.75) is 6.42 Å². The lowest BCUT2D eigenvalue weighted by molar-refractivity contribution is 1.53. The molecule has 0 amide bonds. The molecule has 0 heterocycles. The first-order valence-electron chi connectivity index (χ1n) is 1.69. The van der Waals surface area contributed by atoms with Gasteiger partial charge in [-0.2, -0.15) is 0 Å². The van der Waals surface area contributed by atoms with Crippen molar-refractivity contribution in [3.05, 3.63) is 0 Å². The molecule has 0 aromatic carbocycles. The summed E-state index contributed by atoms with van der Waals surface area (Å²) in [5.74, 6) is 0. The van der Waals surface area contributed by atoms with Crippen molar-refractivity contribution in [1.29, 1.82) is 0 Å². The zero-order chi connectivity index (χ0) is 5.86. The molecule has 0 atom stereocenters. The Morgan fingerprint density at radius 2 is 1.43 bits per heavy atom. The summed E-state index contributed by atoms with van der Waals surface area (Å²) in [6.07, 6.45) is 0.380.